The predicted octanol–water partition coefficient (Wildman–Crippen LogP) is 2.68. The van der Waals surface area contributed by atoms with Gasteiger partial charge in [0.2, 0.25) is 0 Å². The van der Waals surface area contributed by atoms with E-state index in [0.717, 1.165) is 12.0 Å². The van der Waals surface area contributed by atoms with E-state index in [1.54, 1.807) is 0 Å². The molecule has 100 valence electrons. The number of rotatable bonds is 8. The van der Waals surface area contributed by atoms with Crippen LogP contribution in [0, 0.1) is 0 Å². The maximum Gasteiger partial charge on any atom is 0.134 e. The van der Waals surface area contributed by atoms with Gasteiger partial charge in [0.25, 0.3) is 0 Å². The second-order valence-corrected chi connectivity index (χ2v) is 5.35. The zero-order valence-corrected chi connectivity index (χ0v) is 11.3. The number of benzene rings is 1. The molecule has 1 aromatic carbocycles. The van der Waals surface area contributed by atoms with Gasteiger partial charge in [0.15, 0.2) is 0 Å². The zero-order valence-electron chi connectivity index (χ0n) is 11.3. The zero-order chi connectivity index (χ0) is 13.4. The van der Waals surface area contributed by atoms with Crippen molar-refractivity contribution in [2.45, 2.75) is 45.3 Å². The highest BCUT2D eigenvalue weighted by Crippen LogP contribution is 2.08. The number of Topliss-reactive ketones (excluding diaryl/α,β-unsaturated/α-hetero) is 1. The molecular formula is C15H23NO2. The molecule has 3 nitrogen and oxygen atoms in total. The highest BCUT2D eigenvalue weighted by atomic mass is 16.5. The van der Waals surface area contributed by atoms with Crippen LogP contribution in [0.4, 0.5) is 0 Å². The number of ketones is 1. The number of hydrogen-bond donors (Lipinski definition) is 1. The van der Waals surface area contributed by atoms with Crippen LogP contribution in [0.25, 0.3) is 0 Å². The second-order valence-electron chi connectivity index (χ2n) is 5.35. The lowest BCUT2D eigenvalue weighted by molar-refractivity contribution is -0.120. The van der Waals surface area contributed by atoms with E-state index in [1.165, 1.54) is 0 Å². The van der Waals surface area contributed by atoms with Crippen LogP contribution in [0.1, 0.15) is 38.7 Å². The highest BCUT2D eigenvalue weighted by Gasteiger charge is 2.15. The third kappa shape index (κ3) is 7.20. The molecule has 0 aliphatic rings. The molecule has 2 N–H and O–H groups in total. The number of ether oxygens (including phenoxy) is 1. The lowest BCUT2D eigenvalue weighted by Crippen LogP contribution is -2.34. The molecule has 0 saturated carbocycles. The number of carbonyl (C=O) groups is 1. The van der Waals surface area contributed by atoms with Crippen LogP contribution in [-0.4, -0.2) is 17.9 Å². The Labute approximate surface area is 109 Å². The summed E-state index contributed by atoms with van der Waals surface area (Å²) >= 11 is 0. The number of nitrogens with two attached hydrogens (primary N) is 1. The molecule has 3 heteroatoms. The summed E-state index contributed by atoms with van der Waals surface area (Å²) in [5, 5.41) is 0. The first-order valence-corrected chi connectivity index (χ1v) is 6.40. The fourth-order valence-electron chi connectivity index (χ4n) is 1.73. The van der Waals surface area contributed by atoms with Crippen LogP contribution in [0.2, 0.25) is 0 Å². The molecule has 0 aliphatic carbocycles. The van der Waals surface area contributed by atoms with Gasteiger partial charge in [0.05, 0.1) is 6.61 Å². The Balaban J connectivity index is 2.07. The lowest BCUT2D eigenvalue weighted by Gasteiger charge is -2.16. The van der Waals surface area contributed by atoms with Crippen LogP contribution < -0.4 is 5.73 Å². The lowest BCUT2D eigenvalue weighted by atomic mass is 9.97. The van der Waals surface area contributed by atoms with Gasteiger partial charge in [0, 0.05) is 25.0 Å². The fraction of sp³-hybridized carbons (Fsp3) is 0.533. The predicted molar refractivity (Wildman–Crippen MR) is 73.2 cm³/mol. The number of carbonyl (C=O) groups excluding carboxylic acids is 1. The van der Waals surface area contributed by atoms with Crippen molar-refractivity contribution >= 4 is 5.78 Å². The van der Waals surface area contributed by atoms with Crippen LogP contribution >= 0.6 is 0 Å². The minimum Gasteiger partial charge on any atom is -0.377 e. The number of hydrogen-bond acceptors (Lipinski definition) is 3. The minimum atomic E-state index is -0.401. The van der Waals surface area contributed by atoms with Gasteiger partial charge < -0.3 is 10.5 Å². The quantitative estimate of drug-likeness (QED) is 0.721. The molecule has 0 radical (unpaired) electrons. The van der Waals surface area contributed by atoms with Gasteiger partial charge in [-0.05, 0) is 25.8 Å². The molecule has 0 atom stereocenters. The third-order valence-corrected chi connectivity index (χ3v) is 2.51. The van der Waals surface area contributed by atoms with E-state index >= 15 is 0 Å². The van der Waals surface area contributed by atoms with Crippen molar-refractivity contribution in [2.75, 3.05) is 6.61 Å². The second kappa shape index (κ2) is 7.29. The Kier molecular flexibility index (Phi) is 6.02. The standard InChI is InChI=1S/C15H23NO2/c1-15(2,16)11-14(17)9-6-10-18-12-13-7-4-3-5-8-13/h3-5,7-8H,6,9-12,16H2,1-2H3. The molecule has 0 spiro atoms. The van der Waals surface area contributed by atoms with E-state index in [9.17, 15) is 4.79 Å². The van der Waals surface area contributed by atoms with Crippen molar-refractivity contribution in [2.24, 2.45) is 5.73 Å². The Hall–Kier alpha value is -1.19. The molecule has 0 amide bonds. The van der Waals surface area contributed by atoms with Crippen LogP contribution in [0.5, 0.6) is 0 Å². The summed E-state index contributed by atoms with van der Waals surface area (Å²) in [5.74, 6) is 0.214. The normalized spacial score (nSPS) is 11.5. The van der Waals surface area contributed by atoms with Gasteiger partial charge in [-0.15, -0.1) is 0 Å². The first-order chi connectivity index (χ1) is 8.47. The fourth-order valence-corrected chi connectivity index (χ4v) is 1.73. The molecule has 0 aromatic heterocycles. The molecule has 0 bridgehead atoms. The first kappa shape index (κ1) is 14.9. The van der Waals surface area contributed by atoms with E-state index in [0.29, 0.717) is 26.1 Å². The molecule has 0 fully saturated rings. The van der Waals surface area contributed by atoms with E-state index in [1.807, 2.05) is 44.2 Å². The average molecular weight is 249 g/mol. The van der Waals surface area contributed by atoms with E-state index in [4.69, 9.17) is 10.5 Å². The van der Waals surface area contributed by atoms with Crippen molar-refractivity contribution in [3.8, 4) is 0 Å². The maximum atomic E-state index is 11.6. The Bertz CT molecular complexity index is 355. The van der Waals surface area contributed by atoms with E-state index in [2.05, 4.69) is 0 Å². The summed E-state index contributed by atoms with van der Waals surface area (Å²) in [5.41, 5.74) is 6.55. The van der Waals surface area contributed by atoms with Gasteiger partial charge in [-0.1, -0.05) is 30.3 Å². The third-order valence-electron chi connectivity index (χ3n) is 2.51. The Morgan fingerprint density at radius 3 is 2.56 bits per heavy atom. The topological polar surface area (TPSA) is 52.3 Å². The SMILES string of the molecule is CC(C)(N)CC(=O)CCCOCc1ccccc1. The summed E-state index contributed by atoms with van der Waals surface area (Å²) < 4.78 is 5.52. The minimum absolute atomic E-state index is 0.214. The largest absolute Gasteiger partial charge is 0.377 e. The van der Waals surface area contributed by atoms with Gasteiger partial charge >= 0.3 is 0 Å². The van der Waals surface area contributed by atoms with Crippen LogP contribution in [0.15, 0.2) is 30.3 Å². The van der Waals surface area contributed by atoms with Gasteiger partial charge in [0.1, 0.15) is 5.78 Å². The smallest absolute Gasteiger partial charge is 0.134 e. The summed E-state index contributed by atoms with van der Waals surface area (Å²) in [6, 6.07) is 10.0. The van der Waals surface area contributed by atoms with E-state index in [-0.39, 0.29) is 5.78 Å². The maximum absolute atomic E-state index is 11.6. The van der Waals surface area contributed by atoms with E-state index < -0.39 is 5.54 Å². The Morgan fingerprint density at radius 1 is 1.28 bits per heavy atom. The molecule has 1 rings (SSSR count). The van der Waals surface area contributed by atoms with Gasteiger partial charge in [-0.2, -0.15) is 0 Å². The highest BCUT2D eigenvalue weighted by molar-refractivity contribution is 5.79. The summed E-state index contributed by atoms with van der Waals surface area (Å²) in [7, 11) is 0. The molecule has 0 aliphatic heterocycles. The van der Waals surface area contributed by atoms with Gasteiger partial charge in [-0.3, -0.25) is 4.79 Å². The van der Waals surface area contributed by atoms with Gasteiger partial charge in [-0.25, -0.2) is 0 Å². The first-order valence-electron chi connectivity index (χ1n) is 6.40. The molecule has 18 heavy (non-hydrogen) atoms. The van der Waals surface area contributed by atoms with Crippen molar-refractivity contribution in [1.82, 2.24) is 0 Å². The molecular weight excluding hydrogens is 226 g/mol. The molecule has 1 aromatic rings. The van der Waals surface area contributed by atoms with Crippen molar-refractivity contribution in [3.63, 3.8) is 0 Å². The average Bonchev–Trinajstić information content (AvgIpc) is 2.27. The summed E-state index contributed by atoms with van der Waals surface area (Å²) in [6.45, 7) is 4.97. The molecule has 0 unspecified atom stereocenters. The molecule has 0 saturated heterocycles. The van der Waals surface area contributed by atoms with Crippen molar-refractivity contribution < 1.29 is 9.53 Å². The Morgan fingerprint density at radius 2 is 1.94 bits per heavy atom. The summed E-state index contributed by atoms with van der Waals surface area (Å²) in [4.78, 5) is 11.6. The molecule has 0 heterocycles. The van der Waals surface area contributed by atoms with Crippen molar-refractivity contribution in [3.05, 3.63) is 35.9 Å². The van der Waals surface area contributed by atoms with Crippen LogP contribution in [-0.2, 0) is 16.1 Å². The van der Waals surface area contributed by atoms with Crippen molar-refractivity contribution in [1.29, 1.82) is 0 Å². The monoisotopic (exact) mass is 249 g/mol. The summed E-state index contributed by atoms with van der Waals surface area (Å²) in [6.07, 6.45) is 1.75. The van der Waals surface area contributed by atoms with Crippen LogP contribution in [0.3, 0.4) is 0 Å².